The lowest BCUT2D eigenvalue weighted by Gasteiger charge is -2.31. The molecule has 0 saturated carbocycles. The Balaban J connectivity index is 1.87. The summed E-state index contributed by atoms with van der Waals surface area (Å²) in [6, 6.07) is 2.98. The quantitative estimate of drug-likeness (QED) is 0.480. The number of halogens is 3. The lowest BCUT2D eigenvalue weighted by molar-refractivity contribution is -0.137. The second-order valence-corrected chi connectivity index (χ2v) is 9.03. The molecular formula is C20H16F3N3O3S2. The Hall–Kier alpha value is -2.92. The fourth-order valence-corrected chi connectivity index (χ4v) is 5.99. The van der Waals surface area contributed by atoms with Gasteiger partial charge < -0.3 is 15.3 Å². The molecule has 1 aliphatic rings. The van der Waals surface area contributed by atoms with E-state index in [0.717, 1.165) is 28.6 Å². The molecule has 1 unspecified atom stereocenters. The zero-order chi connectivity index (χ0) is 22.5. The minimum absolute atomic E-state index is 0.215. The van der Waals surface area contributed by atoms with Gasteiger partial charge in [-0.15, -0.1) is 22.7 Å². The number of carboxylic acid groups (broad SMARTS) is 1. The van der Waals surface area contributed by atoms with Gasteiger partial charge in [0.1, 0.15) is 10.0 Å². The average Bonchev–Trinajstić information content (AvgIpc) is 3.27. The summed E-state index contributed by atoms with van der Waals surface area (Å²) in [6.45, 7) is 5.48. The van der Waals surface area contributed by atoms with Crippen molar-refractivity contribution in [3.63, 3.8) is 0 Å². The first kappa shape index (κ1) is 21.3. The van der Waals surface area contributed by atoms with Gasteiger partial charge in [-0.25, -0.2) is 9.78 Å². The van der Waals surface area contributed by atoms with Crippen molar-refractivity contribution in [2.75, 3.05) is 11.9 Å². The molecule has 3 aromatic rings. The first-order chi connectivity index (χ1) is 14.6. The second-order valence-electron chi connectivity index (χ2n) is 6.94. The van der Waals surface area contributed by atoms with Gasteiger partial charge in [-0.2, -0.15) is 13.2 Å². The summed E-state index contributed by atoms with van der Waals surface area (Å²) in [6.07, 6.45) is -3.99. The number of nitrogens with one attached hydrogen (secondary N) is 1. The summed E-state index contributed by atoms with van der Waals surface area (Å²) in [4.78, 5) is 30.0. The third-order valence-corrected chi connectivity index (χ3v) is 7.46. The number of carbonyl (C=O) groups excluding carboxylic acids is 1. The number of hydrogen-bond donors (Lipinski definition) is 2. The molecule has 162 valence electrons. The highest BCUT2D eigenvalue weighted by atomic mass is 32.1. The smallest absolute Gasteiger partial charge is 0.416 e. The SMILES string of the molecule is C=CC(=O)Nc1sc2c(c1-c1nc3cc(C(F)(F)F)ccc3s1)CCN(C(=O)O)C2C. The summed E-state index contributed by atoms with van der Waals surface area (Å²) in [7, 11) is 0. The van der Waals surface area contributed by atoms with Crippen molar-refractivity contribution in [1.29, 1.82) is 0 Å². The standard InChI is InChI=1S/C20H16F3N3O3S2/c1-3-14(27)25-18-15(11-6-7-26(19(28)29)9(2)16(11)31-18)17-24-12-8-10(20(21,22)23)4-5-13(12)30-17/h3-5,8-9H,1,6-7H2,2H3,(H,25,27)(H,28,29). The predicted molar refractivity (Wildman–Crippen MR) is 114 cm³/mol. The van der Waals surface area contributed by atoms with Crippen molar-refractivity contribution >= 4 is 49.9 Å². The number of amides is 2. The van der Waals surface area contributed by atoms with Crippen molar-refractivity contribution < 1.29 is 27.9 Å². The van der Waals surface area contributed by atoms with Gasteiger partial charge in [-0.05, 0) is 43.2 Å². The van der Waals surface area contributed by atoms with E-state index in [-0.39, 0.29) is 12.1 Å². The zero-order valence-electron chi connectivity index (χ0n) is 16.1. The molecule has 0 fully saturated rings. The molecule has 2 aromatic heterocycles. The molecule has 0 spiro atoms. The number of nitrogens with zero attached hydrogens (tertiary/aromatic N) is 2. The summed E-state index contributed by atoms with van der Waals surface area (Å²) in [5, 5.41) is 13.1. The van der Waals surface area contributed by atoms with Crippen LogP contribution in [0.15, 0.2) is 30.9 Å². The van der Waals surface area contributed by atoms with Gasteiger partial charge in [0.15, 0.2) is 0 Å². The van der Waals surface area contributed by atoms with Crippen molar-refractivity contribution in [2.45, 2.75) is 25.6 Å². The molecule has 1 atom stereocenters. The number of thiazole rings is 1. The lowest BCUT2D eigenvalue weighted by atomic mass is 9.98. The van der Waals surface area contributed by atoms with Crippen LogP contribution in [0.25, 0.3) is 20.8 Å². The molecule has 6 nitrogen and oxygen atoms in total. The van der Waals surface area contributed by atoms with E-state index in [1.54, 1.807) is 6.92 Å². The highest BCUT2D eigenvalue weighted by molar-refractivity contribution is 7.23. The summed E-state index contributed by atoms with van der Waals surface area (Å²) in [5.41, 5.74) is 0.910. The number of hydrogen-bond acceptors (Lipinski definition) is 5. The van der Waals surface area contributed by atoms with Crippen molar-refractivity contribution in [3.05, 3.63) is 46.9 Å². The molecule has 4 rings (SSSR count). The van der Waals surface area contributed by atoms with Crippen LogP contribution in [0.2, 0.25) is 0 Å². The molecule has 2 N–H and O–H groups in total. The van der Waals surface area contributed by atoms with Crippen LogP contribution in [-0.2, 0) is 17.4 Å². The Morgan fingerprint density at radius 1 is 1.35 bits per heavy atom. The molecule has 3 heterocycles. The number of anilines is 1. The number of rotatable bonds is 3. The second kappa shape index (κ2) is 7.65. The number of aromatic nitrogens is 1. The van der Waals surface area contributed by atoms with E-state index < -0.39 is 29.8 Å². The van der Waals surface area contributed by atoms with Gasteiger partial charge in [0.2, 0.25) is 5.91 Å². The molecular weight excluding hydrogens is 451 g/mol. The number of alkyl halides is 3. The molecule has 2 amide bonds. The maximum atomic E-state index is 13.1. The molecule has 1 aromatic carbocycles. The fourth-order valence-electron chi connectivity index (χ4n) is 3.59. The molecule has 11 heteroatoms. The number of fused-ring (bicyclic) bond motifs is 2. The molecule has 0 saturated heterocycles. The van der Waals surface area contributed by atoms with Crippen molar-refractivity contribution in [1.82, 2.24) is 9.88 Å². The molecule has 31 heavy (non-hydrogen) atoms. The van der Waals surface area contributed by atoms with E-state index in [2.05, 4.69) is 16.9 Å². The highest BCUT2D eigenvalue weighted by Crippen LogP contribution is 2.49. The first-order valence-electron chi connectivity index (χ1n) is 9.17. The van der Waals surface area contributed by atoms with Crippen LogP contribution in [-0.4, -0.2) is 33.5 Å². The van der Waals surface area contributed by atoms with Gasteiger partial charge in [0, 0.05) is 17.0 Å². The molecule has 1 aliphatic heterocycles. The Labute approximate surface area is 182 Å². The average molecular weight is 467 g/mol. The van der Waals surface area contributed by atoms with E-state index in [1.807, 2.05) is 0 Å². The largest absolute Gasteiger partial charge is 0.465 e. The molecule has 0 radical (unpaired) electrons. The van der Waals surface area contributed by atoms with Gasteiger partial charge in [-0.1, -0.05) is 6.58 Å². The summed E-state index contributed by atoms with van der Waals surface area (Å²) < 4.78 is 39.8. The highest BCUT2D eigenvalue weighted by Gasteiger charge is 2.34. The summed E-state index contributed by atoms with van der Waals surface area (Å²) in [5.74, 6) is -0.442. The van der Waals surface area contributed by atoms with E-state index in [9.17, 15) is 27.9 Å². The molecule has 0 bridgehead atoms. The Kier molecular flexibility index (Phi) is 5.26. The lowest BCUT2D eigenvalue weighted by Crippen LogP contribution is -2.37. The zero-order valence-corrected chi connectivity index (χ0v) is 17.7. The normalized spacial score (nSPS) is 16.3. The first-order valence-corrected chi connectivity index (χ1v) is 10.8. The van der Waals surface area contributed by atoms with E-state index in [4.69, 9.17) is 0 Å². The van der Waals surface area contributed by atoms with Gasteiger partial charge in [-0.3, -0.25) is 4.79 Å². The van der Waals surface area contributed by atoms with Crippen molar-refractivity contribution in [2.24, 2.45) is 0 Å². The van der Waals surface area contributed by atoms with Crippen LogP contribution in [0.4, 0.5) is 23.0 Å². The van der Waals surface area contributed by atoms with Crippen LogP contribution in [0, 0.1) is 0 Å². The fraction of sp³-hybridized carbons (Fsp3) is 0.250. The summed E-state index contributed by atoms with van der Waals surface area (Å²) >= 11 is 2.47. The molecule has 0 aliphatic carbocycles. The minimum atomic E-state index is -4.47. The van der Waals surface area contributed by atoms with E-state index in [1.165, 1.54) is 33.6 Å². The van der Waals surface area contributed by atoms with E-state index >= 15 is 0 Å². The van der Waals surface area contributed by atoms with Crippen LogP contribution in [0.3, 0.4) is 0 Å². The third kappa shape index (κ3) is 3.79. The minimum Gasteiger partial charge on any atom is -0.465 e. The van der Waals surface area contributed by atoms with Crippen LogP contribution in [0.1, 0.15) is 29.0 Å². The van der Waals surface area contributed by atoms with Crippen molar-refractivity contribution in [3.8, 4) is 10.6 Å². The van der Waals surface area contributed by atoms with Gasteiger partial charge in [0.25, 0.3) is 0 Å². The Morgan fingerprint density at radius 2 is 2.10 bits per heavy atom. The predicted octanol–water partition coefficient (Wildman–Crippen LogP) is 5.77. The maximum absolute atomic E-state index is 13.1. The van der Waals surface area contributed by atoms with Crippen LogP contribution < -0.4 is 5.32 Å². The Bertz CT molecular complexity index is 1220. The monoisotopic (exact) mass is 467 g/mol. The van der Waals surface area contributed by atoms with E-state index in [0.29, 0.717) is 26.7 Å². The number of carbonyl (C=O) groups is 2. The van der Waals surface area contributed by atoms with Crippen LogP contribution >= 0.6 is 22.7 Å². The topological polar surface area (TPSA) is 82.5 Å². The maximum Gasteiger partial charge on any atom is 0.416 e. The Morgan fingerprint density at radius 3 is 2.74 bits per heavy atom. The van der Waals surface area contributed by atoms with Gasteiger partial charge in [0.05, 0.1) is 21.8 Å². The number of benzene rings is 1. The number of thiophene rings is 1. The van der Waals surface area contributed by atoms with Gasteiger partial charge >= 0.3 is 12.3 Å². The third-order valence-electron chi connectivity index (χ3n) is 5.08. The van der Waals surface area contributed by atoms with Crippen LogP contribution in [0.5, 0.6) is 0 Å².